The maximum atomic E-state index is 12.1. The second kappa shape index (κ2) is 6.67. The van der Waals surface area contributed by atoms with Crippen molar-refractivity contribution in [2.24, 2.45) is 17.8 Å². The summed E-state index contributed by atoms with van der Waals surface area (Å²) < 4.78 is 5.77. The molecule has 1 aliphatic carbocycles. The van der Waals surface area contributed by atoms with Crippen LogP contribution in [-0.2, 0) is 4.79 Å². The number of benzene rings is 1. The number of rotatable bonds is 5. The number of halogens is 1. The van der Waals surface area contributed by atoms with E-state index in [9.17, 15) is 4.79 Å². The van der Waals surface area contributed by atoms with Crippen LogP contribution in [0.15, 0.2) is 24.3 Å². The van der Waals surface area contributed by atoms with Crippen LogP contribution < -0.4 is 15.4 Å². The molecule has 2 aliphatic rings. The predicted molar refractivity (Wildman–Crippen MR) is 84.9 cm³/mol. The van der Waals surface area contributed by atoms with E-state index < -0.39 is 0 Å². The van der Waals surface area contributed by atoms with E-state index in [4.69, 9.17) is 4.74 Å². The van der Waals surface area contributed by atoms with Crippen LogP contribution in [0.2, 0.25) is 0 Å². The largest absolute Gasteiger partial charge is 0.491 e. The van der Waals surface area contributed by atoms with E-state index in [1.54, 1.807) is 0 Å². The number of aryl methyl sites for hydroxylation is 1. The Morgan fingerprint density at radius 2 is 2.05 bits per heavy atom. The molecule has 4 atom stereocenters. The summed E-state index contributed by atoms with van der Waals surface area (Å²) in [4.78, 5) is 12.1. The molecule has 21 heavy (non-hydrogen) atoms. The Labute approximate surface area is 132 Å². The van der Waals surface area contributed by atoms with Crippen LogP contribution in [0.3, 0.4) is 0 Å². The molecule has 2 N–H and O–H groups in total. The van der Waals surface area contributed by atoms with Crippen LogP contribution >= 0.6 is 12.4 Å². The van der Waals surface area contributed by atoms with Gasteiger partial charge in [-0.25, -0.2) is 0 Å². The summed E-state index contributed by atoms with van der Waals surface area (Å²) in [6.45, 7) is 6.52. The number of piperidine rings is 1. The van der Waals surface area contributed by atoms with Gasteiger partial charge in [0.2, 0.25) is 5.91 Å². The molecule has 0 aromatic heterocycles. The lowest BCUT2D eigenvalue weighted by molar-refractivity contribution is -0.123. The molecule has 1 amide bonds. The third kappa shape index (κ3) is 3.50. The molecule has 1 saturated carbocycles. The Balaban J connectivity index is 0.00000161. The summed E-state index contributed by atoms with van der Waals surface area (Å²) in [5.74, 6) is 2.46. The molecular formula is C16H23ClN2O2. The minimum absolute atomic E-state index is 0. The normalized spacial score (nSPS) is 27.2. The third-order valence-electron chi connectivity index (χ3n) is 4.37. The number of para-hydroxylation sites is 1. The van der Waals surface area contributed by atoms with Crippen molar-refractivity contribution in [2.75, 3.05) is 19.7 Å². The molecule has 1 aliphatic heterocycles. The minimum Gasteiger partial charge on any atom is -0.491 e. The van der Waals surface area contributed by atoms with Crippen LogP contribution in [0.1, 0.15) is 12.5 Å². The molecule has 116 valence electrons. The van der Waals surface area contributed by atoms with E-state index in [1.165, 1.54) is 0 Å². The van der Waals surface area contributed by atoms with Gasteiger partial charge in [0, 0.05) is 5.92 Å². The van der Waals surface area contributed by atoms with Gasteiger partial charge in [0.15, 0.2) is 0 Å². The maximum Gasteiger partial charge on any atom is 0.224 e. The lowest BCUT2D eigenvalue weighted by atomic mass is 10.2. The Hall–Kier alpha value is -1.26. The summed E-state index contributed by atoms with van der Waals surface area (Å²) in [5, 5.41) is 6.38. The van der Waals surface area contributed by atoms with Gasteiger partial charge in [-0.2, -0.15) is 0 Å². The van der Waals surface area contributed by atoms with Gasteiger partial charge >= 0.3 is 0 Å². The van der Waals surface area contributed by atoms with Crippen molar-refractivity contribution in [3.05, 3.63) is 29.8 Å². The lowest BCUT2D eigenvalue weighted by Crippen LogP contribution is -2.39. The van der Waals surface area contributed by atoms with Crippen LogP contribution in [0.5, 0.6) is 5.75 Å². The second-order valence-corrected chi connectivity index (χ2v) is 6.00. The summed E-state index contributed by atoms with van der Waals surface area (Å²) in [5.41, 5.74) is 1.12. The summed E-state index contributed by atoms with van der Waals surface area (Å²) in [6, 6.07) is 7.98. The fourth-order valence-corrected chi connectivity index (χ4v) is 3.12. The molecule has 1 saturated heterocycles. The Kier molecular flexibility index (Phi) is 5.12. The molecular weight excluding hydrogens is 288 g/mol. The Morgan fingerprint density at radius 3 is 2.71 bits per heavy atom. The summed E-state index contributed by atoms with van der Waals surface area (Å²) in [6.07, 6.45) is 0. The van der Waals surface area contributed by atoms with Gasteiger partial charge in [-0.3, -0.25) is 4.79 Å². The van der Waals surface area contributed by atoms with Crippen molar-refractivity contribution >= 4 is 18.3 Å². The number of hydrogen-bond donors (Lipinski definition) is 2. The van der Waals surface area contributed by atoms with Gasteiger partial charge in [0.1, 0.15) is 12.4 Å². The fraction of sp³-hybridized carbons (Fsp3) is 0.562. The van der Waals surface area contributed by atoms with Crippen molar-refractivity contribution in [3.8, 4) is 5.75 Å². The van der Waals surface area contributed by atoms with E-state index in [-0.39, 0.29) is 30.3 Å². The molecule has 0 spiro atoms. The highest BCUT2D eigenvalue weighted by Gasteiger charge is 2.56. The van der Waals surface area contributed by atoms with Gasteiger partial charge in [0.25, 0.3) is 0 Å². The smallest absolute Gasteiger partial charge is 0.224 e. The highest BCUT2D eigenvalue weighted by molar-refractivity contribution is 5.85. The topological polar surface area (TPSA) is 50.4 Å². The van der Waals surface area contributed by atoms with Crippen LogP contribution in [0.25, 0.3) is 0 Å². The Bertz CT molecular complexity index is 499. The fourth-order valence-electron chi connectivity index (χ4n) is 3.12. The van der Waals surface area contributed by atoms with E-state index in [2.05, 4.69) is 10.6 Å². The molecule has 0 bridgehead atoms. The molecule has 1 aromatic rings. The van der Waals surface area contributed by atoms with Gasteiger partial charge in [0.05, 0.1) is 6.04 Å². The first-order chi connectivity index (χ1) is 9.66. The standard InChI is InChI=1S/C16H22N2O2.ClH/c1-10-5-3-4-6-14(10)20-9-11(2)18-16(19)15-12-7-17-8-13(12)15;/h3-6,11-13,15,17H,7-9H2,1-2H3,(H,18,19);1H/t11?,12-,13+,15?;. The van der Waals surface area contributed by atoms with Crippen molar-refractivity contribution in [2.45, 2.75) is 19.9 Å². The molecule has 4 nitrogen and oxygen atoms in total. The van der Waals surface area contributed by atoms with Crippen LogP contribution in [0.4, 0.5) is 0 Å². The number of carbonyl (C=O) groups is 1. The third-order valence-corrected chi connectivity index (χ3v) is 4.37. The number of nitrogens with one attached hydrogen (secondary N) is 2. The Morgan fingerprint density at radius 1 is 1.38 bits per heavy atom. The highest BCUT2D eigenvalue weighted by atomic mass is 35.5. The molecule has 1 heterocycles. The first-order valence-electron chi connectivity index (χ1n) is 7.36. The number of ether oxygens (including phenoxy) is 1. The summed E-state index contributed by atoms with van der Waals surface area (Å²) >= 11 is 0. The van der Waals surface area contributed by atoms with Gasteiger partial charge in [-0.1, -0.05) is 18.2 Å². The number of fused-ring (bicyclic) bond motifs is 1. The molecule has 2 fully saturated rings. The molecule has 1 aromatic carbocycles. The molecule has 0 radical (unpaired) electrons. The van der Waals surface area contributed by atoms with Crippen molar-refractivity contribution < 1.29 is 9.53 Å². The zero-order valence-electron chi connectivity index (χ0n) is 12.5. The lowest BCUT2D eigenvalue weighted by Gasteiger charge is -2.16. The zero-order chi connectivity index (χ0) is 14.1. The zero-order valence-corrected chi connectivity index (χ0v) is 13.3. The predicted octanol–water partition coefficient (Wildman–Crippen LogP) is 1.77. The van der Waals surface area contributed by atoms with E-state index >= 15 is 0 Å². The number of amides is 1. The monoisotopic (exact) mass is 310 g/mol. The van der Waals surface area contributed by atoms with Crippen molar-refractivity contribution in [3.63, 3.8) is 0 Å². The van der Waals surface area contributed by atoms with Crippen molar-refractivity contribution in [1.29, 1.82) is 0 Å². The second-order valence-electron chi connectivity index (χ2n) is 6.00. The van der Waals surface area contributed by atoms with Crippen molar-refractivity contribution in [1.82, 2.24) is 10.6 Å². The average Bonchev–Trinajstić information content (AvgIpc) is 2.92. The van der Waals surface area contributed by atoms with Gasteiger partial charge < -0.3 is 15.4 Å². The first kappa shape index (κ1) is 16.1. The van der Waals surface area contributed by atoms with E-state index in [0.717, 1.165) is 24.4 Å². The SMILES string of the molecule is Cc1ccccc1OCC(C)NC(=O)C1[C@H]2CNC[C@@H]12.Cl. The quantitative estimate of drug-likeness (QED) is 0.871. The minimum atomic E-state index is 0. The van der Waals surface area contributed by atoms with Crippen LogP contribution in [0, 0.1) is 24.7 Å². The highest BCUT2D eigenvalue weighted by Crippen LogP contribution is 2.48. The average molecular weight is 311 g/mol. The van der Waals surface area contributed by atoms with E-state index in [0.29, 0.717) is 18.4 Å². The summed E-state index contributed by atoms with van der Waals surface area (Å²) in [7, 11) is 0. The maximum absolute atomic E-state index is 12.1. The number of carbonyl (C=O) groups excluding carboxylic acids is 1. The van der Waals surface area contributed by atoms with Crippen LogP contribution in [-0.4, -0.2) is 31.6 Å². The van der Waals surface area contributed by atoms with Gasteiger partial charge in [-0.05, 0) is 50.4 Å². The van der Waals surface area contributed by atoms with Gasteiger partial charge in [-0.15, -0.1) is 12.4 Å². The molecule has 2 unspecified atom stereocenters. The molecule has 5 heteroatoms. The van der Waals surface area contributed by atoms with E-state index in [1.807, 2.05) is 38.1 Å². The first-order valence-corrected chi connectivity index (χ1v) is 7.36. The molecule has 3 rings (SSSR count). The number of hydrogen-bond acceptors (Lipinski definition) is 3.